The van der Waals surface area contributed by atoms with Crippen molar-refractivity contribution in [2.24, 2.45) is 5.10 Å². The normalized spacial score (nSPS) is 10.6. The lowest BCUT2D eigenvalue weighted by molar-refractivity contribution is -0.139. The van der Waals surface area contributed by atoms with E-state index in [0.717, 1.165) is 6.42 Å². The van der Waals surface area contributed by atoms with Crippen molar-refractivity contribution in [3.8, 4) is 17.2 Å². The highest BCUT2D eigenvalue weighted by atomic mass is 16.5. The number of ether oxygens (including phenoxy) is 3. The van der Waals surface area contributed by atoms with Gasteiger partial charge in [0.1, 0.15) is 5.75 Å². The number of amides is 1. The maximum Gasteiger partial charge on any atom is 0.341 e. The fourth-order valence-electron chi connectivity index (χ4n) is 2.31. The molecular formula is C21H24N2O6. The molecular weight excluding hydrogens is 376 g/mol. The number of hydrogen-bond acceptors (Lipinski definition) is 6. The largest absolute Gasteiger partial charge is 0.490 e. The first kappa shape index (κ1) is 21.7. The Labute approximate surface area is 169 Å². The fourth-order valence-corrected chi connectivity index (χ4v) is 2.31. The summed E-state index contributed by atoms with van der Waals surface area (Å²) in [6.45, 7) is 4.44. The molecule has 8 nitrogen and oxygen atoms in total. The Bertz CT molecular complexity index is 866. The molecule has 154 valence electrons. The highest BCUT2D eigenvalue weighted by Crippen LogP contribution is 2.28. The summed E-state index contributed by atoms with van der Waals surface area (Å²) in [5.41, 5.74) is 3.48. The molecule has 0 heterocycles. The third-order valence-electron chi connectivity index (χ3n) is 3.57. The maximum absolute atomic E-state index is 12.3. The summed E-state index contributed by atoms with van der Waals surface area (Å²) in [4.78, 5) is 22.9. The van der Waals surface area contributed by atoms with Gasteiger partial charge in [-0.15, -0.1) is 0 Å². The third-order valence-corrected chi connectivity index (χ3v) is 3.57. The van der Waals surface area contributed by atoms with E-state index in [1.807, 2.05) is 13.8 Å². The van der Waals surface area contributed by atoms with Gasteiger partial charge in [-0.1, -0.05) is 19.1 Å². The number of nitrogens with zero attached hydrogens (tertiary/aromatic N) is 1. The lowest BCUT2D eigenvalue weighted by atomic mass is 10.2. The van der Waals surface area contributed by atoms with Crippen LogP contribution < -0.4 is 19.6 Å². The van der Waals surface area contributed by atoms with Crippen LogP contribution in [0.15, 0.2) is 47.6 Å². The van der Waals surface area contributed by atoms with Crippen LogP contribution in [0.5, 0.6) is 17.2 Å². The molecule has 2 rings (SSSR count). The molecule has 1 amide bonds. The first-order valence-electron chi connectivity index (χ1n) is 9.21. The van der Waals surface area contributed by atoms with Crippen LogP contribution in [-0.2, 0) is 4.79 Å². The zero-order valence-corrected chi connectivity index (χ0v) is 16.4. The molecule has 2 N–H and O–H groups in total. The Hall–Kier alpha value is -3.55. The van der Waals surface area contributed by atoms with Gasteiger partial charge < -0.3 is 19.3 Å². The molecule has 0 fully saturated rings. The molecule has 0 saturated carbocycles. The van der Waals surface area contributed by atoms with Gasteiger partial charge in [0.05, 0.1) is 19.4 Å². The monoisotopic (exact) mass is 400 g/mol. The Morgan fingerprint density at radius 3 is 2.62 bits per heavy atom. The van der Waals surface area contributed by atoms with Crippen LogP contribution in [0.25, 0.3) is 0 Å². The topological polar surface area (TPSA) is 106 Å². The molecule has 29 heavy (non-hydrogen) atoms. The minimum atomic E-state index is -1.06. The van der Waals surface area contributed by atoms with Crippen molar-refractivity contribution in [1.29, 1.82) is 0 Å². The van der Waals surface area contributed by atoms with Crippen LogP contribution in [0.3, 0.4) is 0 Å². The molecule has 0 aliphatic rings. The van der Waals surface area contributed by atoms with Crippen molar-refractivity contribution in [3.05, 3.63) is 53.6 Å². The first-order valence-corrected chi connectivity index (χ1v) is 9.21. The predicted molar refractivity (Wildman–Crippen MR) is 108 cm³/mol. The molecule has 0 bridgehead atoms. The zero-order chi connectivity index (χ0) is 21.1. The molecule has 0 aliphatic heterocycles. The molecule has 2 aromatic carbocycles. The Balaban J connectivity index is 2.02. The van der Waals surface area contributed by atoms with E-state index < -0.39 is 18.5 Å². The predicted octanol–water partition coefficient (Wildman–Crippen LogP) is 3.10. The second-order valence-corrected chi connectivity index (χ2v) is 5.90. The van der Waals surface area contributed by atoms with Gasteiger partial charge in [0, 0.05) is 5.56 Å². The second kappa shape index (κ2) is 11.3. The number of rotatable bonds is 11. The number of benzene rings is 2. The molecule has 0 unspecified atom stereocenters. The Morgan fingerprint density at radius 1 is 1.07 bits per heavy atom. The molecule has 0 aliphatic carbocycles. The van der Waals surface area contributed by atoms with E-state index in [1.54, 1.807) is 42.5 Å². The van der Waals surface area contributed by atoms with E-state index in [4.69, 9.17) is 19.3 Å². The van der Waals surface area contributed by atoms with Crippen molar-refractivity contribution in [2.75, 3.05) is 19.8 Å². The van der Waals surface area contributed by atoms with Gasteiger partial charge in [0.2, 0.25) is 0 Å². The highest BCUT2D eigenvalue weighted by Gasteiger charge is 2.11. The van der Waals surface area contributed by atoms with Gasteiger partial charge >= 0.3 is 5.97 Å². The maximum atomic E-state index is 12.3. The second-order valence-electron chi connectivity index (χ2n) is 5.90. The van der Waals surface area contributed by atoms with Crippen LogP contribution in [0.4, 0.5) is 0 Å². The summed E-state index contributed by atoms with van der Waals surface area (Å²) < 4.78 is 16.3. The fraction of sp³-hybridized carbons (Fsp3) is 0.286. The molecule has 2 aromatic rings. The van der Waals surface area contributed by atoms with Crippen molar-refractivity contribution in [2.45, 2.75) is 20.3 Å². The summed E-state index contributed by atoms with van der Waals surface area (Å²) in [5, 5.41) is 12.6. The Morgan fingerprint density at radius 2 is 1.90 bits per heavy atom. The molecule has 8 heteroatoms. The number of carbonyl (C=O) groups excluding carboxylic acids is 1. The zero-order valence-electron chi connectivity index (χ0n) is 16.4. The van der Waals surface area contributed by atoms with Crippen LogP contribution in [0.1, 0.15) is 36.2 Å². The van der Waals surface area contributed by atoms with Crippen LogP contribution in [-0.4, -0.2) is 43.0 Å². The van der Waals surface area contributed by atoms with Gasteiger partial charge in [-0.3, -0.25) is 4.79 Å². The lowest BCUT2D eigenvalue weighted by Gasteiger charge is -2.12. The number of hydrogen-bond donors (Lipinski definition) is 2. The van der Waals surface area contributed by atoms with Gasteiger partial charge in [0.15, 0.2) is 18.1 Å². The van der Waals surface area contributed by atoms with Gasteiger partial charge in [-0.05, 0) is 49.2 Å². The van der Waals surface area contributed by atoms with Crippen LogP contribution in [0.2, 0.25) is 0 Å². The molecule has 0 spiro atoms. The summed E-state index contributed by atoms with van der Waals surface area (Å²) in [7, 11) is 0. The first-order chi connectivity index (χ1) is 14.0. The van der Waals surface area contributed by atoms with E-state index in [2.05, 4.69) is 10.5 Å². The van der Waals surface area contributed by atoms with Crippen molar-refractivity contribution < 1.29 is 28.9 Å². The van der Waals surface area contributed by atoms with Crippen molar-refractivity contribution in [3.63, 3.8) is 0 Å². The van der Waals surface area contributed by atoms with Gasteiger partial charge in [0.25, 0.3) is 5.91 Å². The molecule has 0 saturated heterocycles. The quantitative estimate of drug-likeness (QED) is 0.443. The average Bonchev–Trinajstić information content (AvgIpc) is 2.71. The number of carboxylic acid groups (broad SMARTS) is 1. The third kappa shape index (κ3) is 7.17. The van der Waals surface area contributed by atoms with E-state index in [0.29, 0.717) is 41.6 Å². The van der Waals surface area contributed by atoms with Gasteiger partial charge in [-0.2, -0.15) is 5.10 Å². The standard InChI is InChI=1S/C21H24N2O6/c1-3-10-28-18-9-8-16(12-19(18)27-4-2)21(26)23-22-13-15-6-5-7-17(11-15)29-14-20(24)25/h5-9,11-13H,3-4,10,14H2,1-2H3,(H,23,26)(H,24,25)/b22-13+. The van der Waals surface area contributed by atoms with E-state index in [-0.39, 0.29) is 0 Å². The minimum absolute atomic E-state index is 0.382. The number of aliphatic carboxylic acids is 1. The highest BCUT2D eigenvalue weighted by molar-refractivity contribution is 5.95. The molecule has 0 aromatic heterocycles. The average molecular weight is 400 g/mol. The van der Waals surface area contributed by atoms with Crippen LogP contribution >= 0.6 is 0 Å². The van der Waals surface area contributed by atoms with E-state index >= 15 is 0 Å². The minimum Gasteiger partial charge on any atom is -0.490 e. The summed E-state index contributed by atoms with van der Waals surface area (Å²) in [6.07, 6.45) is 2.30. The van der Waals surface area contributed by atoms with E-state index in [9.17, 15) is 9.59 Å². The number of hydrazone groups is 1. The Kier molecular flexibility index (Phi) is 8.50. The summed E-state index contributed by atoms with van der Waals surface area (Å²) in [5.74, 6) is 0.0240. The smallest absolute Gasteiger partial charge is 0.341 e. The number of nitrogens with one attached hydrogen (secondary N) is 1. The van der Waals surface area contributed by atoms with Gasteiger partial charge in [-0.25, -0.2) is 10.2 Å². The molecule has 0 radical (unpaired) electrons. The molecule has 0 atom stereocenters. The number of carbonyl (C=O) groups is 2. The summed E-state index contributed by atoms with van der Waals surface area (Å²) in [6, 6.07) is 11.6. The SMILES string of the molecule is CCCOc1ccc(C(=O)N/N=C/c2cccc(OCC(=O)O)c2)cc1OCC. The lowest BCUT2D eigenvalue weighted by Crippen LogP contribution is -2.17. The van der Waals surface area contributed by atoms with Crippen molar-refractivity contribution in [1.82, 2.24) is 5.43 Å². The summed E-state index contributed by atoms with van der Waals surface area (Å²) >= 11 is 0. The van der Waals surface area contributed by atoms with E-state index in [1.165, 1.54) is 6.21 Å². The van der Waals surface area contributed by atoms with Crippen molar-refractivity contribution >= 4 is 18.1 Å². The number of carboxylic acids is 1. The van der Waals surface area contributed by atoms with Crippen LogP contribution in [0, 0.1) is 0 Å².